The molecule has 0 fully saturated rings. The van der Waals surface area contributed by atoms with Gasteiger partial charge in [0.25, 0.3) is 0 Å². The van der Waals surface area contributed by atoms with Crippen LogP contribution in [0.4, 0.5) is 0 Å². The van der Waals surface area contributed by atoms with E-state index in [0.717, 1.165) is 0 Å². The van der Waals surface area contributed by atoms with Crippen molar-refractivity contribution in [3.8, 4) is 22.3 Å². The number of aryl methyl sites for hydroxylation is 8. The van der Waals surface area contributed by atoms with E-state index < -0.39 is 0 Å². The van der Waals surface area contributed by atoms with Crippen LogP contribution in [0.3, 0.4) is 0 Å². The van der Waals surface area contributed by atoms with Crippen LogP contribution in [-0.4, -0.2) is 0 Å². The van der Waals surface area contributed by atoms with Crippen LogP contribution < -0.4 is 0 Å². The molecular weight excluding hydrogens is 384 g/mol. The minimum Gasteiger partial charge on any atom is -0.0587 e. The fraction of sp³-hybridized carbons (Fsp3) is 0.250. The molecule has 32 heavy (non-hydrogen) atoms. The van der Waals surface area contributed by atoms with Gasteiger partial charge >= 0.3 is 0 Å². The van der Waals surface area contributed by atoms with E-state index in [-0.39, 0.29) is 0 Å². The molecule has 0 aromatic heterocycles. The van der Waals surface area contributed by atoms with Crippen LogP contribution >= 0.6 is 0 Å². The van der Waals surface area contributed by atoms with Crippen LogP contribution in [-0.2, 0) is 0 Å². The van der Waals surface area contributed by atoms with Crippen LogP contribution in [0.1, 0.15) is 44.5 Å². The van der Waals surface area contributed by atoms with Gasteiger partial charge in [0.15, 0.2) is 0 Å². The SMILES string of the molecule is Cc1ccc(-c2ccc(C)c(C)c2)cc1C.Cc1ccc(-c2ccc(C)cc2C)c(C)c1. The highest BCUT2D eigenvalue weighted by Crippen LogP contribution is 2.28. The Bertz CT molecular complexity index is 1140. The Morgan fingerprint density at radius 2 is 0.688 bits per heavy atom. The molecule has 0 aliphatic rings. The molecule has 0 spiro atoms. The fourth-order valence-electron chi connectivity index (χ4n) is 4.07. The largest absolute Gasteiger partial charge is 0.0587 e. The Balaban J connectivity index is 0.000000181. The highest BCUT2D eigenvalue weighted by atomic mass is 14.1. The molecule has 0 saturated carbocycles. The Kier molecular flexibility index (Phi) is 7.36. The maximum atomic E-state index is 2.26. The third-order valence-electron chi connectivity index (χ3n) is 6.40. The number of hydrogen-bond acceptors (Lipinski definition) is 0. The minimum atomic E-state index is 1.31. The van der Waals surface area contributed by atoms with Gasteiger partial charge in [-0.05, 0) is 111 Å². The Morgan fingerprint density at radius 3 is 1.00 bits per heavy atom. The van der Waals surface area contributed by atoms with Gasteiger partial charge in [-0.1, -0.05) is 83.9 Å². The lowest BCUT2D eigenvalue weighted by Gasteiger charge is -2.10. The predicted molar refractivity (Wildman–Crippen MR) is 142 cm³/mol. The van der Waals surface area contributed by atoms with E-state index in [4.69, 9.17) is 0 Å². The van der Waals surface area contributed by atoms with Crippen molar-refractivity contribution in [3.63, 3.8) is 0 Å². The summed E-state index contributed by atoms with van der Waals surface area (Å²) in [6, 6.07) is 26.6. The highest BCUT2D eigenvalue weighted by Gasteiger charge is 2.05. The van der Waals surface area contributed by atoms with Crippen molar-refractivity contribution >= 4 is 0 Å². The van der Waals surface area contributed by atoms with Gasteiger partial charge in [-0.2, -0.15) is 0 Å². The van der Waals surface area contributed by atoms with Crippen LogP contribution in [0.2, 0.25) is 0 Å². The Morgan fingerprint density at radius 1 is 0.312 bits per heavy atom. The first-order chi connectivity index (χ1) is 15.2. The third kappa shape index (κ3) is 5.56. The van der Waals surface area contributed by atoms with Crippen LogP contribution in [0.5, 0.6) is 0 Å². The first-order valence-electron chi connectivity index (χ1n) is 11.5. The summed E-state index contributed by atoms with van der Waals surface area (Å²) in [5.74, 6) is 0. The highest BCUT2D eigenvalue weighted by molar-refractivity contribution is 5.71. The number of rotatable bonds is 2. The molecule has 164 valence electrons. The maximum absolute atomic E-state index is 2.26. The number of benzene rings is 4. The third-order valence-corrected chi connectivity index (χ3v) is 6.40. The molecule has 0 heterocycles. The van der Waals surface area contributed by atoms with E-state index in [2.05, 4.69) is 128 Å². The summed E-state index contributed by atoms with van der Waals surface area (Å²) in [6.07, 6.45) is 0. The van der Waals surface area contributed by atoms with Gasteiger partial charge in [0.1, 0.15) is 0 Å². The zero-order valence-electron chi connectivity index (χ0n) is 20.9. The van der Waals surface area contributed by atoms with Crippen molar-refractivity contribution in [1.29, 1.82) is 0 Å². The van der Waals surface area contributed by atoms with E-state index in [9.17, 15) is 0 Å². The molecule has 0 nitrogen and oxygen atoms in total. The van der Waals surface area contributed by atoms with Crippen LogP contribution in [0.25, 0.3) is 22.3 Å². The minimum absolute atomic E-state index is 1.31. The van der Waals surface area contributed by atoms with Gasteiger partial charge in [-0.3, -0.25) is 0 Å². The smallest absolute Gasteiger partial charge is 0.0152 e. The zero-order chi connectivity index (χ0) is 23.4. The number of hydrogen-bond donors (Lipinski definition) is 0. The average Bonchev–Trinajstić information content (AvgIpc) is 2.73. The molecule has 0 atom stereocenters. The lowest BCUT2D eigenvalue weighted by molar-refractivity contribution is 1.32. The predicted octanol–water partition coefficient (Wildman–Crippen LogP) is 9.17. The maximum Gasteiger partial charge on any atom is -0.0152 e. The summed E-state index contributed by atoms with van der Waals surface area (Å²) in [7, 11) is 0. The van der Waals surface area contributed by atoms with Crippen molar-refractivity contribution < 1.29 is 0 Å². The van der Waals surface area contributed by atoms with Gasteiger partial charge in [0.05, 0.1) is 0 Å². The molecule has 0 unspecified atom stereocenters. The van der Waals surface area contributed by atoms with E-state index in [1.165, 1.54) is 66.8 Å². The molecule has 0 aliphatic heterocycles. The standard InChI is InChI=1S/2C16H18/c1-11-5-7-15(9-13(11)3)16-8-6-12(2)14(4)10-16;1-11-5-7-15(13(3)9-11)16-8-6-12(2)10-14(16)4/h2*5-10H,1-4H3. The average molecular weight is 421 g/mol. The zero-order valence-corrected chi connectivity index (χ0v) is 20.9. The summed E-state index contributed by atoms with van der Waals surface area (Å²) in [5, 5.41) is 0. The summed E-state index contributed by atoms with van der Waals surface area (Å²) in [6.45, 7) is 17.3. The summed E-state index contributed by atoms with van der Waals surface area (Å²) >= 11 is 0. The van der Waals surface area contributed by atoms with Crippen molar-refractivity contribution in [3.05, 3.63) is 117 Å². The van der Waals surface area contributed by atoms with Crippen molar-refractivity contribution in [2.75, 3.05) is 0 Å². The van der Waals surface area contributed by atoms with E-state index in [0.29, 0.717) is 0 Å². The first kappa shape index (κ1) is 23.5. The second-order valence-corrected chi connectivity index (χ2v) is 9.23. The normalized spacial score (nSPS) is 10.5. The monoisotopic (exact) mass is 420 g/mol. The van der Waals surface area contributed by atoms with Gasteiger partial charge in [0, 0.05) is 0 Å². The molecule has 4 rings (SSSR count). The van der Waals surface area contributed by atoms with Gasteiger partial charge in [-0.25, -0.2) is 0 Å². The summed E-state index contributed by atoms with van der Waals surface area (Å²) in [5.41, 5.74) is 16.1. The van der Waals surface area contributed by atoms with Crippen LogP contribution in [0.15, 0.2) is 72.8 Å². The molecular formula is C32H36. The fourth-order valence-corrected chi connectivity index (χ4v) is 4.07. The van der Waals surface area contributed by atoms with E-state index >= 15 is 0 Å². The second-order valence-electron chi connectivity index (χ2n) is 9.23. The van der Waals surface area contributed by atoms with Crippen molar-refractivity contribution in [2.45, 2.75) is 55.4 Å². The van der Waals surface area contributed by atoms with Gasteiger partial charge in [-0.15, -0.1) is 0 Å². The van der Waals surface area contributed by atoms with Crippen molar-refractivity contribution in [1.82, 2.24) is 0 Å². The summed E-state index contributed by atoms with van der Waals surface area (Å²) < 4.78 is 0. The van der Waals surface area contributed by atoms with Crippen molar-refractivity contribution in [2.24, 2.45) is 0 Å². The van der Waals surface area contributed by atoms with Crippen LogP contribution in [0, 0.1) is 55.4 Å². The first-order valence-corrected chi connectivity index (χ1v) is 11.5. The molecule has 0 radical (unpaired) electrons. The Labute approximate surface area is 195 Å². The van der Waals surface area contributed by atoms with E-state index in [1.807, 2.05) is 0 Å². The molecule has 0 bridgehead atoms. The molecule has 0 saturated heterocycles. The van der Waals surface area contributed by atoms with Gasteiger partial charge in [0.2, 0.25) is 0 Å². The lowest BCUT2D eigenvalue weighted by atomic mass is 9.94. The second kappa shape index (κ2) is 10.0. The molecule has 0 N–H and O–H groups in total. The lowest BCUT2D eigenvalue weighted by Crippen LogP contribution is -1.88. The molecule has 4 aromatic rings. The quantitative estimate of drug-likeness (QED) is 0.303. The summed E-state index contributed by atoms with van der Waals surface area (Å²) in [4.78, 5) is 0. The topological polar surface area (TPSA) is 0 Å². The molecule has 0 amide bonds. The Hall–Kier alpha value is -3.12. The molecule has 0 aliphatic carbocycles. The van der Waals surface area contributed by atoms with E-state index in [1.54, 1.807) is 0 Å². The van der Waals surface area contributed by atoms with Gasteiger partial charge < -0.3 is 0 Å². The molecule has 0 heteroatoms. The molecule has 4 aromatic carbocycles.